The van der Waals surface area contributed by atoms with Gasteiger partial charge >= 0.3 is 0 Å². The maximum atomic E-state index is 6.67. The molecule has 2 aromatic heterocycles. The van der Waals surface area contributed by atoms with Gasteiger partial charge in [0.05, 0.1) is 33.5 Å². The van der Waals surface area contributed by atoms with Gasteiger partial charge in [-0.25, -0.2) is 0 Å². The molecule has 0 amide bonds. The summed E-state index contributed by atoms with van der Waals surface area (Å²) in [6, 6.07) is 75.5. The smallest absolute Gasteiger partial charge is 0.137 e. The van der Waals surface area contributed by atoms with E-state index in [4.69, 9.17) is 8.83 Å². The van der Waals surface area contributed by atoms with Crippen LogP contribution >= 0.6 is 0 Å². The van der Waals surface area contributed by atoms with E-state index in [1.807, 2.05) is 0 Å². The molecule has 0 spiro atoms. The van der Waals surface area contributed by atoms with Gasteiger partial charge in [-0.05, 0) is 116 Å². The van der Waals surface area contributed by atoms with Crippen molar-refractivity contribution in [2.75, 3.05) is 9.80 Å². The molecule has 11 aromatic carbocycles. The summed E-state index contributed by atoms with van der Waals surface area (Å²) in [7, 11) is 0. The van der Waals surface area contributed by atoms with Crippen molar-refractivity contribution in [1.29, 1.82) is 0 Å². The topological polar surface area (TPSA) is 32.8 Å². The molecule has 0 atom stereocenters. The SMILES string of the molecule is CC(C)(C)c1ccc2c(N(c3ccc4ccccc4c3)c3cccc4oc5ccccc5c34)c3cc(C(C)(C)C)ccc3c(N(c3ccc4ccccc4c3)c3cccc4oc5ccccc5c34)c2c1. The minimum atomic E-state index is -0.148. The van der Waals surface area contributed by atoms with Gasteiger partial charge in [-0.3, -0.25) is 0 Å². The summed E-state index contributed by atoms with van der Waals surface area (Å²) in [4.78, 5) is 5.05. The van der Waals surface area contributed by atoms with Gasteiger partial charge in [-0.1, -0.05) is 175 Å². The Morgan fingerprint density at radius 2 is 0.686 bits per heavy atom. The van der Waals surface area contributed by atoms with E-state index >= 15 is 0 Å². The first-order valence-electron chi connectivity index (χ1n) is 24.4. The highest BCUT2D eigenvalue weighted by Gasteiger charge is 2.31. The Hall–Kier alpha value is -8.34. The zero-order valence-corrected chi connectivity index (χ0v) is 40.3. The van der Waals surface area contributed by atoms with Gasteiger partial charge < -0.3 is 18.6 Å². The predicted octanol–water partition coefficient (Wildman–Crippen LogP) is 19.6. The van der Waals surface area contributed by atoms with Gasteiger partial charge in [0.2, 0.25) is 0 Å². The molecular weight excluding hydrogens is 853 g/mol. The lowest BCUT2D eigenvalue weighted by atomic mass is 9.82. The van der Waals surface area contributed by atoms with Crippen molar-refractivity contribution in [2.24, 2.45) is 0 Å². The second-order valence-electron chi connectivity index (χ2n) is 20.9. The van der Waals surface area contributed by atoms with Crippen LogP contribution in [0.2, 0.25) is 0 Å². The Kier molecular flexibility index (Phi) is 9.32. The van der Waals surface area contributed by atoms with E-state index in [1.54, 1.807) is 0 Å². The van der Waals surface area contributed by atoms with Crippen LogP contribution in [0.1, 0.15) is 52.7 Å². The number of hydrogen-bond acceptors (Lipinski definition) is 4. The van der Waals surface area contributed by atoms with Crippen molar-refractivity contribution in [3.63, 3.8) is 0 Å². The molecule has 70 heavy (non-hydrogen) atoms. The summed E-state index contributed by atoms with van der Waals surface area (Å²) < 4.78 is 13.3. The quantitative estimate of drug-likeness (QED) is 0.123. The number of furan rings is 2. The van der Waals surface area contributed by atoms with Crippen LogP contribution in [-0.2, 0) is 10.8 Å². The largest absolute Gasteiger partial charge is 0.456 e. The fraction of sp³-hybridized carbons (Fsp3) is 0.121. The van der Waals surface area contributed by atoms with Crippen molar-refractivity contribution in [1.82, 2.24) is 0 Å². The highest BCUT2D eigenvalue weighted by molar-refractivity contribution is 6.27. The van der Waals surface area contributed by atoms with Crippen LogP contribution in [0, 0.1) is 0 Å². The Labute approximate surface area is 407 Å². The van der Waals surface area contributed by atoms with E-state index in [9.17, 15) is 0 Å². The van der Waals surface area contributed by atoms with Crippen molar-refractivity contribution in [3.8, 4) is 0 Å². The molecule has 0 saturated carbocycles. The van der Waals surface area contributed by atoms with Crippen molar-refractivity contribution in [3.05, 3.63) is 217 Å². The second kappa shape index (κ2) is 15.6. The molecule has 0 aliphatic rings. The van der Waals surface area contributed by atoms with Crippen LogP contribution in [0.5, 0.6) is 0 Å². The van der Waals surface area contributed by atoms with Crippen LogP contribution in [0.15, 0.2) is 215 Å². The van der Waals surface area contributed by atoms with E-state index in [1.165, 1.54) is 32.7 Å². The maximum absolute atomic E-state index is 6.67. The summed E-state index contributed by atoms with van der Waals surface area (Å²) in [6.45, 7) is 13.9. The van der Waals surface area contributed by atoms with Gasteiger partial charge in [0.1, 0.15) is 22.3 Å². The lowest BCUT2D eigenvalue weighted by Gasteiger charge is -2.34. The molecule has 0 N–H and O–H groups in total. The molecule has 0 fully saturated rings. The number of benzene rings is 11. The Morgan fingerprint density at radius 3 is 1.11 bits per heavy atom. The van der Waals surface area contributed by atoms with Crippen molar-refractivity contribution in [2.45, 2.75) is 52.4 Å². The minimum absolute atomic E-state index is 0.148. The highest BCUT2D eigenvalue weighted by Crippen LogP contribution is 2.55. The lowest BCUT2D eigenvalue weighted by Crippen LogP contribution is -2.17. The Balaban J connectivity index is 1.24. The van der Waals surface area contributed by atoms with Gasteiger partial charge in [0.15, 0.2) is 0 Å². The van der Waals surface area contributed by atoms with Crippen LogP contribution < -0.4 is 9.80 Å². The maximum Gasteiger partial charge on any atom is 0.137 e. The number of nitrogens with zero attached hydrogens (tertiary/aromatic N) is 2. The summed E-state index contributed by atoms with van der Waals surface area (Å²) in [5, 5.41) is 13.6. The van der Waals surface area contributed by atoms with Gasteiger partial charge in [0, 0.05) is 43.7 Å². The molecule has 2 heterocycles. The van der Waals surface area contributed by atoms with Gasteiger partial charge in [-0.2, -0.15) is 0 Å². The normalized spacial score (nSPS) is 12.4. The van der Waals surface area contributed by atoms with Crippen molar-refractivity contribution < 1.29 is 8.83 Å². The zero-order chi connectivity index (χ0) is 47.5. The third kappa shape index (κ3) is 6.65. The zero-order valence-electron chi connectivity index (χ0n) is 40.3. The van der Waals surface area contributed by atoms with Crippen LogP contribution in [0.25, 0.3) is 87.0 Å². The molecule has 0 bridgehead atoms. The van der Waals surface area contributed by atoms with Crippen LogP contribution in [0.3, 0.4) is 0 Å². The van der Waals surface area contributed by atoms with Crippen LogP contribution in [-0.4, -0.2) is 0 Å². The van der Waals surface area contributed by atoms with E-state index in [-0.39, 0.29) is 10.8 Å². The average molecular weight is 905 g/mol. The predicted molar refractivity (Wildman–Crippen MR) is 298 cm³/mol. The number of fused-ring (bicyclic) bond motifs is 10. The van der Waals surface area contributed by atoms with Crippen LogP contribution in [0.4, 0.5) is 34.1 Å². The summed E-state index contributed by atoms with van der Waals surface area (Å²) >= 11 is 0. The monoisotopic (exact) mass is 904 g/mol. The molecule has 4 heteroatoms. The lowest BCUT2D eigenvalue weighted by molar-refractivity contribution is 0.590. The first-order chi connectivity index (χ1) is 34.0. The molecule has 0 radical (unpaired) electrons. The third-order valence-corrected chi connectivity index (χ3v) is 14.5. The van der Waals surface area contributed by atoms with E-state index < -0.39 is 0 Å². The molecule has 338 valence electrons. The summed E-state index contributed by atoms with van der Waals surface area (Å²) in [5.74, 6) is 0. The molecule has 13 rings (SSSR count). The molecule has 4 nitrogen and oxygen atoms in total. The highest BCUT2D eigenvalue weighted by atomic mass is 16.3. The summed E-state index contributed by atoms with van der Waals surface area (Å²) in [5.41, 5.74) is 12.1. The number of para-hydroxylation sites is 2. The number of rotatable bonds is 6. The van der Waals surface area contributed by atoms with E-state index in [0.717, 1.165) is 99.5 Å². The number of hydrogen-bond donors (Lipinski definition) is 0. The standard InChI is InChI=1S/C66H52N2O2/c1-65(2,3)45-31-35-49-53(39-45)63(67(47-33-29-41-17-7-9-19-43(41)37-47)55-23-15-27-59-61(55)51-21-11-13-25-57(51)69-59)50-36-32-46(66(4,5)6)40-54(50)64(49)68(48-34-30-42-18-8-10-20-44(42)38-48)56-24-16-28-60-62(56)52-22-12-14-26-58(52)70-60/h7-40H,1-6H3. The molecule has 0 saturated heterocycles. The molecule has 13 aromatic rings. The molecule has 0 aliphatic heterocycles. The minimum Gasteiger partial charge on any atom is -0.456 e. The Morgan fingerprint density at radius 1 is 0.300 bits per heavy atom. The van der Waals surface area contributed by atoms with Gasteiger partial charge in [0.25, 0.3) is 0 Å². The first-order valence-corrected chi connectivity index (χ1v) is 24.4. The molecule has 0 unspecified atom stereocenters. The van der Waals surface area contributed by atoms with E-state index in [2.05, 4.69) is 258 Å². The fourth-order valence-corrected chi connectivity index (χ4v) is 10.9. The second-order valence-corrected chi connectivity index (χ2v) is 20.9. The average Bonchev–Trinajstić information content (AvgIpc) is 3.95. The van der Waals surface area contributed by atoms with Gasteiger partial charge in [-0.15, -0.1) is 0 Å². The number of anilines is 6. The third-order valence-electron chi connectivity index (χ3n) is 14.5. The molecule has 0 aliphatic carbocycles. The Bertz CT molecular complexity index is 3960. The first kappa shape index (κ1) is 41.8. The summed E-state index contributed by atoms with van der Waals surface area (Å²) in [6.07, 6.45) is 0. The molecular formula is C66H52N2O2. The van der Waals surface area contributed by atoms with E-state index in [0.29, 0.717) is 0 Å². The fourth-order valence-electron chi connectivity index (χ4n) is 10.9. The van der Waals surface area contributed by atoms with Crippen molar-refractivity contribution >= 4 is 121 Å².